The van der Waals surface area contributed by atoms with E-state index in [1.165, 1.54) is 7.11 Å². The Morgan fingerprint density at radius 3 is 2.70 bits per heavy atom. The number of Topliss-reactive ketones (excluding diaryl/α,β-unsaturated/α-hetero) is 2. The van der Waals surface area contributed by atoms with Crippen molar-refractivity contribution >= 4 is 17.5 Å². The summed E-state index contributed by atoms with van der Waals surface area (Å²) in [4.78, 5) is 36.4. The van der Waals surface area contributed by atoms with Gasteiger partial charge >= 0.3 is 5.97 Å². The highest BCUT2D eigenvalue weighted by atomic mass is 16.5. The van der Waals surface area contributed by atoms with Gasteiger partial charge in [-0.15, -0.1) is 0 Å². The molecule has 0 amide bonds. The predicted molar refractivity (Wildman–Crippen MR) is 79.9 cm³/mol. The van der Waals surface area contributed by atoms with Crippen LogP contribution in [-0.4, -0.2) is 42.0 Å². The number of methoxy groups -OCH3 is 1. The van der Waals surface area contributed by atoms with Gasteiger partial charge < -0.3 is 14.6 Å². The van der Waals surface area contributed by atoms with Crippen molar-refractivity contribution in [3.05, 3.63) is 40.5 Å². The zero-order valence-corrected chi connectivity index (χ0v) is 12.8. The molecule has 0 unspecified atom stereocenters. The maximum absolute atomic E-state index is 12.8. The number of carbonyl (C=O) groups is 3. The smallest absolute Gasteiger partial charge is 0.305 e. The van der Waals surface area contributed by atoms with Crippen molar-refractivity contribution < 1.29 is 29.0 Å². The molecule has 0 radical (unpaired) electrons. The Morgan fingerprint density at radius 1 is 1.30 bits per heavy atom. The number of carboxylic acid groups (broad SMARTS) is 1. The Hall–Kier alpha value is -2.47. The maximum Gasteiger partial charge on any atom is 0.305 e. The Kier molecular flexibility index (Phi) is 3.77. The van der Waals surface area contributed by atoms with Gasteiger partial charge in [-0.1, -0.05) is 0 Å². The molecular formula is C17H16O6. The molecule has 0 saturated heterocycles. The molecule has 0 saturated carbocycles. The molecule has 1 aliphatic heterocycles. The maximum atomic E-state index is 12.8. The lowest BCUT2D eigenvalue weighted by Crippen LogP contribution is -2.38. The summed E-state index contributed by atoms with van der Waals surface area (Å²) < 4.78 is 10.7. The lowest BCUT2D eigenvalue weighted by atomic mass is 9.78. The van der Waals surface area contributed by atoms with Crippen LogP contribution >= 0.6 is 0 Å². The zero-order valence-electron chi connectivity index (χ0n) is 12.8. The van der Waals surface area contributed by atoms with Gasteiger partial charge in [-0.2, -0.15) is 0 Å². The van der Waals surface area contributed by atoms with Crippen LogP contribution in [0.5, 0.6) is 5.75 Å². The van der Waals surface area contributed by atoms with Crippen molar-refractivity contribution in [2.24, 2.45) is 0 Å². The van der Waals surface area contributed by atoms with Crippen LogP contribution in [0.3, 0.4) is 0 Å². The molecular weight excluding hydrogens is 300 g/mol. The lowest BCUT2D eigenvalue weighted by Gasteiger charge is -2.33. The van der Waals surface area contributed by atoms with Crippen molar-refractivity contribution in [2.45, 2.75) is 32.0 Å². The van der Waals surface area contributed by atoms with E-state index in [-0.39, 0.29) is 24.4 Å². The summed E-state index contributed by atoms with van der Waals surface area (Å²) in [5.74, 6) is -0.989. The first-order valence-corrected chi connectivity index (χ1v) is 7.30. The number of ketones is 2. The minimum atomic E-state index is -0.997. The quantitative estimate of drug-likeness (QED) is 0.917. The fraction of sp³-hybridized carbons (Fsp3) is 0.353. The van der Waals surface area contributed by atoms with Gasteiger partial charge in [0.25, 0.3) is 0 Å². The van der Waals surface area contributed by atoms with Gasteiger partial charge in [0, 0.05) is 28.7 Å². The number of ether oxygens (including phenoxy) is 2. The highest BCUT2D eigenvalue weighted by molar-refractivity contribution is 6.27. The molecule has 1 heterocycles. The minimum Gasteiger partial charge on any atom is -0.497 e. The van der Waals surface area contributed by atoms with Gasteiger partial charge in [0.05, 0.1) is 25.7 Å². The highest BCUT2D eigenvalue weighted by Gasteiger charge is 2.40. The minimum absolute atomic E-state index is 0.132. The van der Waals surface area contributed by atoms with Crippen molar-refractivity contribution in [3.63, 3.8) is 0 Å². The summed E-state index contributed by atoms with van der Waals surface area (Å²) in [6.45, 7) is 1.67. The number of hydrogen-bond acceptors (Lipinski definition) is 5. The summed E-state index contributed by atoms with van der Waals surface area (Å²) in [5, 5.41) is 8.93. The van der Waals surface area contributed by atoms with E-state index in [1.807, 2.05) is 0 Å². The fourth-order valence-electron chi connectivity index (χ4n) is 3.18. The molecule has 120 valence electrons. The first-order chi connectivity index (χ1) is 10.9. The average molecular weight is 316 g/mol. The first-order valence-electron chi connectivity index (χ1n) is 7.30. The van der Waals surface area contributed by atoms with Gasteiger partial charge in [0.15, 0.2) is 11.6 Å². The molecule has 2 atom stereocenters. The number of carbonyl (C=O) groups excluding carboxylic acids is 2. The molecule has 1 N–H and O–H groups in total. The van der Waals surface area contributed by atoms with Crippen LogP contribution in [0, 0.1) is 0 Å². The highest BCUT2D eigenvalue weighted by Crippen LogP contribution is 2.37. The zero-order chi connectivity index (χ0) is 16.7. The van der Waals surface area contributed by atoms with Crippen molar-refractivity contribution in [1.82, 2.24) is 0 Å². The summed E-state index contributed by atoms with van der Waals surface area (Å²) in [5.41, 5.74) is 1.34. The van der Waals surface area contributed by atoms with E-state index in [0.717, 1.165) is 0 Å². The standard InChI is InChI=1S/C17H16O6/c1-8-15-13(6-10(23-8)7-14(18)19)16(20)12-5-9(22-2)3-4-11(12)17(15)21/h3-5,8,10H,6-7H2,1-2H3,(H,18,19)/t8-,10-/m1/s1. The third-order valence-corrected chi connectivity index (χ3v) is 4.20. The summed E-state index contributed by atoms with van der Waals surface area (Å²) in [6, 6.07) is 4.76. The number of aliphatic carboxylic acids is 1. The Balaban J connectivity index is 2.04. The normalized spacial score (nSPS) is 23.4. The van der Waals surface area contributed by atoms with E-state index in [4.69, 9.17) is 14.6 Å². The average Bonchev–Trinajstić information content (AvgIpc) is 2.51. The second-order valence-electron chi connectivity index (χ2n) is 5.66. The van der Waals surface area contributed by atoms with E-state index < -0.39 is 18.2 Å². The molecule has 0 fully saturated rings. The SMILES string of the molecule is COc1ccc2c(c1)C(=O)C1=C(C2=O)[C@@H](C)O[C@@H](CC(=O)O)C1. The van der Waals surface area contributed by atoms with Crippen LogP contribution in [0.2, 0.25) is 0 Å². The Labute approximate surface area is 132 Å². The first kappa shape index (κ1) is 15.4. The number of fused-ring (bicyclic) bond motifs is 1. The van der Waals surface area contributed by atoms with Crippen LogP contribution in [0.1, 0.15) is 40.5 Å². The van der Waals surface area contributed by atoms with Gasteiger partial charge in [0.1, 0.15) is 5.75 Å². The summed E-state index contributed by atoms with van der Waals surface area (Å²) in [7, 11) is 1.49. The van der Waals surface area contributed by atoms with Gasteiger partial charge in [-0.05, 0) is 25.1 Å². The molecule has 0 aromatic heterocycles. The number of rotatable bonds is 3. The molecule has 2 aliphatic rings. The van der Waals surface area contributed by atoms with Gasteiger partial charge in [0.2, 0.25) is 0 Å². The number of benzene rings is 1. The third kappa shape index (κ3) is 2.55. The molecule has 1 aliphatic carbocycles. The van der Waals surface area contributed by atoms with Crippen LogP contribution in [0.15, 0.2) is 29.3 Å². The largest absolute Gasteiger partial charge is 0.497 e. The molecule has 0 spiro atoms. The van der Waals surface area contributed by atoms with Crippen LogP contribution in [0.4, 0.5) is 0 Å². The molecule has 3 rings (SSSR count). The Bertz CT molecular complexity index is 745. The monoisotopic (exact) mass is 316 g/mol. The van der Waals surface area contributed by atoms with Crippen LogP contribution < -0.4 is 4.74 Å². The van der Waals surface area contributed by atoms with Gasteiger partial charge in [-0.3, -0.25) is 14.4 Å². The van der Waals surface area contributed by atoms with Crippen LogP contribution in [-0.2, 0) is 9.53 Å². The van der Waals surface area contributed by atoms with E-state index in [2.05, 4.69) is 0 Å². The second-order valence-corrected chi connectivity index (χ2v) is 5.66. The predicted octanol–water partition coefficient (Wildman–Crippen LogP) is 2.02. The molecule has 6 heteroatoms. The second kappa shape index (κ2) is 5.62. The third-order valence-electron chi connectivity index (χ3n) is 4.20. The summed E-state index contributed by atoms with van der Waals surface area (Å²) >= 11 is 0. The lowest BCUT2D eigenvalue weighted by molar-refractivity contribution is -0.141. The van der Waals surface area contributed by atoms with Crippen molar-refractivity contribution in [1.29, 1.82) is 0 Å². The van der Waals surface area contributed by atoms with E-state index >= 15 is 0 Å². The summed E-state index contributed by atoms with van der Waals surface area (Å²) in [6.07, 6.45) is -1.28. The molecule has 0 bridgehead atoms. The number of hydrogen-bond donors (Lipinski definition) is 1. The number of carboxylic acids is 1. The Morgan fingerprint density at radius 2 is 2.04 bits per heavy atom. The van der Waals surface area contributed by atoms with Crippen molar-refractivity contribution in [2.75, 3.05) is 7.11 Å². The van der Waals surface area contributed by atoms with E-state index in [9.17, 15) is 14.4 Å². The van der Waals surface area contributed by atoms with Crippen molar-refractivity contribution in [3.8, 4) is 5.75 Å². The van der Waals surface area contributed by atoms with E-state index in [0.29, 0.717) is 28.0 Å². The molecule has 1 aromatic rings. The van der Waals surface area contributed by atoms with Crippen LogP contribution in [0.25, 0.3) is 0 Å². The topological polar surface area (TPSA) is 89.9 Å². The van der Waals surface area contributed by atoms with E-state index in [1.54, 1.807) is 25.1 Å². The molecule has 6 nitrogen and oxygen atoms in total. The van der Waals surface area contributed by atoms with Gasteiger partial charge in [-0.25, -0.2) is 0 Å². The molecule has 23 heavy (non-hydrogen) atoms. The molecule has 1 aromatic carbocycles. The fourth-order valence-corrected chi connectivity index (χ4v) is 3.18.